The minimum absolute atomic E-state index is 0.356. The number of amides is 1. The van der Waals surface area contributed by atoms with E-state index in [1.807, 2.05) is 0 Å². The van der Waals surface area contributed by atoms with Gasteiger partial charge >= 0.3 is 12.1 Å². The molecule has 23 heavy (non-hydrogen) atoms. The van der Waals surface area contributed by atoms with Crippen molar-refractivity contribution in [2.45, 2.75) is 17.2 Å². The predicted octanol–water partition coefficient (Wildman–Crippen LogP) is 1.98. The first-order valence-corrected chi connectivity index (χ1v) is 6.16. The fourth-order valence-electron chi connectivity index (χ4n) is 1.50. The number of anilines is 1. The molecule has 1 amide bonds. The van der Waals surface area contributed by atoms with E-state index in [2.05, 4.69) is 4.74 Å². The first kappa shape index (κ1) is 19.1. The molecule has 0 heterocycles. The molecule has 11 heteroatoms. The monoisotopic (exact) mass is 361 g/mol. The normalized spacial score (nSPS) is 15.5. The van der Waals surface area contributed by atoms with Gasteiger partial charge in [0.1, 0.15) is 11.6 Å². The van der Waals surface area contributed by atoms with Crippen LogP contribution in [0.2, 0.25) is 0 Å². The third kappa shape index (κ3) is 3.70. The summed E-state index contributed by atoms with van der Waals surface area (Å²) in [5, 5.41) is 8.22. The van der Waals surface area contributed by atoms with Gasteiger partial charge in [-0.2, -0.15) is 13.2 Å². The summed E-state index contributed by atoms with van der Waals surface area (Å²) in [5.41, 5.74) is -5.05. The molecule has 1 aromatic rings. The van der Waals surface area contributed by atoms with E-state index in [0.717, 1.165) is 12.1 Å². The standard InChI is InChI=1S/C12H9ClF5NO4/c1-23-10(21)11(22,12(16,17)18)8(13)9(20)19-7-3-2-5(14)4-6(7)15/h2-4,8,22H,1H3,(H,19,20)/t8-,11+/m0/s1. The Morgan fingerprint density at radius 1 is 1.30 bits per heavy atom. The van der Waals surface area contributed by atoms with E-state index >= 15 is 0 Å². The summed E-state index contributed by atoms with van der Waals surface area (Å²) in [6.45, 7) is 0. The summed E-state index contributed by atoms with van der Waals surface area (Å²) in [5.74, 6) is -6.26. The Labute approximate surface area is 131 Å². The first-order valence-electron chi connectivity index (χ1n) is 5.72. The summed E-state index contributed by atoms with van der Waals surface area (Å²) in [7, 11) is 0.542. The van der Waals surface area contributed by atoms with Crippen LogP contribution < -0.4 is 5.32 Å². The number of methoxy groups -OCH3 is 1. The molecule has 1 aromatic carbocycles. The molecular formula is C12H9ClF5NO4. The van der Waals surface area contributed by atoms with Gasteiger partial charge in [0.25, 0.3) is 5.60 Å². The molecule has 1 rings (SSSR count). The molecule has 0 aliphatic carbocycles. The predicted molar refractivity (Wildman–Crippen MR) is 67.6 cm³/mol. The molecule has 0 aliphatic heterocycles. The van der Waals surface area contributed by atoms with Gasteiger partial charge < -0.3 is 15.2 Å². The number of carbonyl (C=O) groups is 2. The highest BCUT2D eigenvalue weighted by Crippen LogP contribution is 2.37. The molecule has 0 radical (unpaired) electrons. The Bertz CT molecular complexity index is 624. The third-order valence-electron chi connectivity index (χ3n) is 2.71. The Balaban J connectivity index is 3.12. The quantitative estimate of drug-likeness (QED) is 0.488. The zero-order valence-corrected chi connectivity index (χ0v) is 12.0. The lowest BCUT2D eigenvalue weighted by atomic mass is 9.98. The van der Waals surface area contributed by atoms with E-state index < -0.39 is 46.4 Å². The highest BCUT2D eigenvalue weighted by Gasteiger charge is 2.67. The van der Waals surface area contributed by atoms with E-state index in [4.69, 9.17) is 11.6 Å². The van der Waals surface area contributed by atoms with Crippen LogP contribution in [-0.2, 0) is 14.3 Å². The van der Waals surface area contributed by atoms with Crippen LogP contribution in [-0.4, -0.2) is 41.2 Å². The lowest BCUT2D eigenvalue weighted by molar-refractivity contribution is -0.260. The van der Waals surface area contributed by atoms with Crippen LogP contribution in [0.15, 0.2) is 18.2 Å². The van der Waals surface area contributed by atoms with Crippen LogP contribution in [0.1, 0.15) is 0 Å². The summed E-state index contributed by atoms with van der Waals surface area (Å²) in [6.07, 6.45) is -5.65. The van der Waals surface area contributed by atoms with Crippen LogP contribution in [0.5, 0.6) is 0 Å². The summed E-state index contributed by atoms with van der Waals surface area (Å²) >= 11 is 5.25. The van der Waals surface area contributed by atoms with Gasteiger partial charge in [-0.15, -0.1) is 11.6 Å². The Morgan fingerprint density at radius 3 is 2.30 bits per heavy atom. The highest BCUT2D eigenvalue weighted by atomic mass is 35.5. The molecule has 0 spiro atoms. The van der Waals surface area contributed by atoms with Gasteiger partial charge in [-0.3, -0.25) is 4.79 Å². The van der Waals surface area contributed by atoms with Gasteiger partial charge in [0, 0.05) is 6.07 Å². The van der Waals surface area contributed by atoms with Crippen molar-refractivity contribution < 1.29 is 41.4 Å². The maximum absolute atomic E-state index is 13.4. The van der Waals surface area contributed by atoms with Crippen LogP contribution in [0, 0.1) is 11.6 Å². The highest BCUT2D eigenvalue weighted by molar-refractivity contribution is 6.35. The smallest absolute Gasteiger partial charge is 0.430 e. The van der Waals surface area contributed by atoms with E-state index in [-0.39, 0.29) is 0 Å². The molecule has 0 bridgehead atoms. The number of nitrogens with one attached hydrogen (secondary N) is 1. The topological polar surface area (TPSA) is 75.6 Å². The number of ether oxygens (including phenoxy) is 1. The minimum atomic E-state index is -5.65. The van der Waals surface area contributed by atoms with E-state index in [0.29, 0.717) is 13.2 Å². The van der Waals surface area contributed by atoms with Crippen LogP contribution in [0.3, 0.4) is 0 Å². The lowest BCUT2D eigenvalue weighted by Gasteiger charge is -2.30. The SMILES string of the molecule is COC(=O)[C@](O)([C@@H](Cl)C(=O)Nc1ccc(F)cc1F)C(F)(F)F. The summed E-state index contributed by atoms with van der Waals surface area (Å²) < 4.78 is 68.5. The second-order valence-electron chi connectivity index (χ2n) is 4.23. The van der Waals surface area contributed by atoms with Gasteiger partial charge in [0.2, 0.25) is 5.91 Å². The third-order valence-corrected chi connectivity index (χ3v) is 3.23. The molecule has 0 saturated heterocycles. The Kier molecular flexibility index (Phi) is 5.54. The fraction of sp³-hybridized carbons (Fsp3) is 0.333. The average Bonchev–Trinajstić information content (AvgIpc) is 2.46. The molecule has 0 aromatic heterocycles. The maximum atomic E-state index is 13.4. The van der Waals surface area contributed by atoms with Crippen molar-refractivity contribution in [3.63, 3.8) is 0 Å². The van der Waals surface area contributed by atoms with Crippen molar-refractivity contribution in [3.8, 4) is 0 Å². The zero-order valence-electron chi connectivity index (χ0n) is 11.2. The lowest BCUT2D eigenvalue weighted by Crippen LogP contribution is -2.62. The Hall–Kier alpha value is -1.94. The number of rotatable bonds is 4. The Morgan fingerprint density at radius 2 is 1.87 bits per heavy atom. The molecule has 2 N–H and O–H groups in total. The molecule has 0 aliphatic rings. The molecule has 0 saturated carbocycles. The number of halogens is 6. The van der Waals surface area contributed by atoms with Crippen molar-refractivity contribution in [1.82, 2.24) is 0 Å². The largest absolute Gasteiger partial charge is 0.467 e. The average molecular weight is 362 g/mol. The van der Waals surface area contributed by atoms with Crippen LogP contribution in [0.25, 0.3) is 0 Å². The van der Waals surface area contributed by atoms with Gasteiger partial charge in [-0.25, -0.2) is 13.6 Å². The van der Waals surface area contributed by atoms with Crippen molar-refractivity contribution in [2.24, 2.45) is 0 Å². The van der Waals surface area contributed by atoms with Crippen molar-refractivity contribution in [2.75, 3.05) is 12.4 Å². The van der Waals surface area contributed by atoms with Crippen molar-refractivity contribution >= 4 is 29.2 Å². The number of alkyl halides is 4. The maximum Gasteiger partial charge on any atom is 0.430 e. The zero-order chi connectivity index (χ0) is 18.0. The molecule has 5 nitrogen and oxygen atoms in total. The second kappa shape index (κ2) is 6.67. The fourth-order valence-corrected chi connectivity index (χ4v) is 1.76. The molecule has 128 valence electrons. The number of benzene rings is 1. The number of aliphatic hydroxyl groups is 1. The van der Waals surface area contributed by atoms with E-state index in [1.165, 1.54) is 0 Å². The van der Waals surface area contributed by atoms with Crippen molar-refractivity contribution in [1.29, 1.82) is 0 Å². The van der Waals surface area contributed by atoms with Gasteiger partial charge in [-0.05, 0) is 12.1 Å². The van der Waals surface area contributed by atoms with Crippen LogP contribution in [0.4, 0.5) is 27.6 Å². The summed E-state index contributed by atoms with van der Waals surface area (Å²) in [4.78, 5) is 22.9. The van der Waals surface area contributed by atoms with E-state index in [9.17, 15) is 36.6 Å². The van der Waals surface area contributed by atoms with Gasteiger partial charge in [-0.1, -0.05) is 0 Å². The van der Waals surface area contributed by atoms with Crippen molar-refractivity contribution in [3.05, 3.63) is 29.8 Å². The molecule has 2 atom stereocenters. The minimum Gasteiger partial charge on any atom is -0.467 e. The number of carbonyl (C=O) groups excluding carboxylic acids is 2. The summed E-state index contributed by atoms with van der Waals surface area (Å²) in [6, 6.07) is 1.80. The second-order valence-corrected chi connectivity index (χ2v) is 4.67. The van der Waals surface area contributed by atoms with E-state index in [1.54, 1.807) is 5.32 Å². The molecule has 0 unspecified atom stereocenters. The number of esters is 1. The van der Waals surface area contributed by atoms with Crippen LogP contribution >= 0.6 is 11.6 Å². The van der Waals surface area contributed by atoms with Gasteiger partial charge in [0.15, 0.2) is 5.38 Å². The number of hydrogen-bond acceptors (Lipinski definition) is 4. The molecule has 0 fully saturated rings. The number of hydrogen-bond donors (Lipinski definition) is 2. The molecular weight excluding hydrogens is 353 g/mol. The van der Waals surface area contributed by atoms with Gasteiger partial charge in [0.05, 0.1) is 12.8 Å². The first-order chi connectivity index (χ1) is 10.4.